The molecule has 0 spiro atoms. The molecule has 0 aliphatic heterocycles. The first-order valence-electron chi connectivity index (χ1n) is 5.77. The number of anilines is 1. The number of carbonyl (C=O) groups excluding carboxylic acids is 1. The second-order valence-electron chi connectivity index (χ2n) is 4.28. The molecule has 0 unspecified atom stereocenters. The summed E-state index contributed by atoms with van der Waals surface area (Å²) in [7, 11) is -3.81. The van der Waals surface area contributed by atoms with Crippen molar-refractivity contribution in [2.45, 2.75) is 18.4 Å². The fourth-order valence-corrected chi connectivity index (χ4v) is 2.53. The fraction of sp³-hybridized carbons (Fsp3) is 0.167. The zero-order chi connectivity index (χ0) is 14.8. The molecule has 0 bridgehead atoms. The first-order chi connectivity index (χ1) is 9.36. The van der Waals surface area contributed by atoms with Crippen molar-refractivity contribution < 1.29 is 13.2 Å². The molecule has 0 saturated carbocycles. The van der Waals surface area contributed by atoms with Gasteiger partial charge in [-0.1, -0.05) is 6.07 Å². The molecule has 20 heavy (non-hydrogen) atoms. The summed E-state index contributed by atoms with van der Waals surface area (Å²) < 4.78 is 24.3. The number of carbonyl (C=O) groups is 1. The molecular weight excluding hydrogens is 280 g/mol. The van der Waals surface area contributed by atoms with Crippen LogP contribution in [0.25, 0.3) is 0 Å². The molecule has 0 aliphatic rings. The van der Waals surface area contributed by atoms with Gasteiger partial charge in [0.05, 0.1) is 4.90 Å². The molecular formula is C12H14N4O3S. The molecule has 1 aromatic heterocycles. The zero-order valence-electron chi connectivity index (χ0n) is 10.8. The first-order valence-corrected chi connectivity index (χ1v) is 7.31. The molecule has 2 rings (SSSR count). The van der Waals surface area contributed by atoms with Gasteiger partial charge >= 0.3 is 0 Å². The van der Waals surface area contributed by atoms with Gasteiger partial charge in [-0.25, -0.2) is 13.6 Å². The second-order valence-corrected chi connectivity index (χ2v) is 5.81. The SMILES string of the molecule is Cc1ccc(NC(=O)Cn2cccn2)cc1S(N)(=O)=O. The number of amides is 1. The van der Waals surface area contributed by atoms with Crippen LogP contribution in [0.1, 0.15) is 5.56 Å². The predicted octanol–water partition coefficient (Wildman–Crippen LogP) is 0.478. The van der Waals surface area contributed by atoms with Crippen LogP contribution in [0.3, 0.4) is 0 Å². The summed E-state index contributed by atoms with van der Waals surface area (Å²) in [6.07, 6.45) is 3.22. The standard InChI is InChI=1S/C12H14N4O3S/c1-9-3-4-10(7-11(9)20(13,18)19)15-12(17)8-16-6-2-5-14-16/h2-7H,8H2,1H3,(H,15,17)(H2,13,18,19). The van der Waals surface area contributed by atoms with Crippen molar-refractivity contribution in [3.05, 3.63) is 42.2 Å². The highest BCUT2D eigenvalue weighted by atomic mass is 32.2. The molecule has 2 aromatic rings. The van der Waals surface area contributed by atoms with E-state index in [4.69, 9.17) is 5.14 Å². The highest BCUT2D eigenvalue weighted by Gasteiger charge is 2.13. The van der Waals surface area contributed by atoms with E-state index in [1.165, 1.54) is 10.7 Å². The Bertz CT molecular complexity index is 723. The maximum absolute atomic E-state index is 11.8. The quantitative estimate of drug-likeness (QED) is 0.855. The number of sulfonamides is 1. The number of nitrogens with one attached hydrogen (secondary N) is 1. The molecule has 0 radical (unpaired) electrons. The Morgan fingerprint density at radius 2 is 2.20 bits per heavy atom. The lowest BCUT2D eigenvalue weighted by atomic mass is 10.2. The monoisotopic (exact) mass is 294 g/mol. The Balaban J connectivity index is 2.16. The molecule has 1 heterocycles. The van der Waals surface area contributed by atoms with Crippen molar-refractivity contribution in [2.24, 2.45) is 5.14 Å². The van der Waals surface area contributed by atoms with Crippen LogP contribution in [0, 0.1) is 6.92 Å². The van der Waals surface area contributed by atoms with Crippen molar-refractivity contribution in [3.63, 3.8) is 0 Å². The van der Waals surface area contributed by atoms with E-state index in [2.05, 4.69) is 10.4 Å². The summed E-state index contributed by atoms with van der Waals surface area (Å²) in [6, 6.07) is 6.25. The lowest BCUT2D eigenvalue weighted by Gasteiger charge is -2.09. The molecule has 0 saturated heterocycles. The van der Waals surface area contributed by atoms with Crippen LogP contribution < -0.4 is 10.5 Å². The molecule has 3 N–H and O–H groups in total. The Morgan fingerprint density at radius 3 is 2.80 bits per heavy atom. The lowest BCUT2D eigenvalue weighted by Crippen LogP contribution is -2.20. The van der Waals surface area contributed by atoms with Crippen LogP contribution >= 0.6 is 0 Å². The molecule has 8 heteroatoms. The number of nitrogens with two attached hydrogens (primary N) is 1. The number of benzene rings is 1. The minimum Gasteiger partial charge on any atom is -0.324 e. The van der Waals surface area contributed by atoms with Crippen molar-refractivity contribution in [1.82, 2.24) is 9.78 Å². The summed E-state index contributed by atoms with van der Waals surface area (Å²) in [5.41, 5.74) is 0.898. The smallest absolute Gasteiger partial charge is 0.246 e. The van der Waals surface area contributed by atoms with Crippen LogP contribution in [-0.4, -0.2) is 24.1 Å². The largest absolute Gasteiger partial charge is 0.324 e. The minimum absolute atomic E-state index is 0.00520. The number of hydrogen-bond acceptors (Lipinski definition) is 4. The van der Waals surface area contributed by atoms with E-state index in [9.17, 15) is 13.2 Å². The Kier molecular flexibility index (Phi) is 3.86. The highest BCUT2D eigenvalue weighted by Crippen LogP contribution is 2.18. The Morgan fingerprint density at radius 1 is 1.45 bits per heavy atom. The molecule has 1 amide bonds. The van der Waals surface area contributed by atoms with E-state index in [0.29, 0.717) is 11.3 Å². The third-order valence-electron chi connectivity index (χ3n) is 2.64. The topological polar surface area (TPSA) is 107 Å². The molecule has 0 atom stereocenters. The zero-order valence-corrected chi connectivity index (χ0v) is 11.6. The van der Waals surface area contributed by atoms with Gasteiger partial charge < -0.3 is 5.32 Å². The van der Waals surface area contributed by atoms with Crippen LogP contribution in [0.15, 0.2) is 41.6 Å². The minimum atomic E-state index is -3.81. The summed E-state index contributed by atoms with van der Waals surface area (Å²) in [6.45, 7) is 1.68. The number of hydrogen-bond donors (Lipinski definition) is 2. The van der Waals surface area contributed by atoms with E-state index in [1.807, 2.05) is 0 Å². The van der Waals surface area contributed by atoms with Crippen LogP contribution in [0.5, 0.6) is 0 Å². The molecule has 7 nitrogen and oxygen atoms in total. The van der Waals surface area contributed by atoms with Crippen LogP contribution in [0.4, 0.5) is 5.69 Å². The first kappa shape index (κ1) is 14.2. The van der Waals surface area contributed by atoms with Crippen molar-refractivity contribution in [2.75, 3.05) is 5.32 Å². The normalized spacial score (nSPS) is 11.3. The molecule has 0 aliphatic carbocycles. The van der Waals surface area contributed by atoms with E-state index >= 15 is 0 Å². The lowest BCUT2D eigenvalue weighted by molar-refractivity contribution is -0.116. The van der Waals surface area contributed by atoms with Gasteiger partial charge in [0.1, 0.15) is 6.54 Å². The van der Waals surface area contributed by atoms with Gasteiger partial charge in [-0.15, -0.1) is 0 Å². The van der Waals surface area contributed by atoms with Gasteiger partial charge in [-0.3, -0.25) is 9.48 Å². The second kappa shape index (κ2) is 5.43. The average Bonchev–Trinajstić information content (AvgIpc) is 2.83. The molecule has 106 valence electrons. The van der Waals surface area contributed by atoms with E-state index < -0.39 is 10.0 Å². The predicted molar refractivity (Wildman–Crippen MR) is 73.4 cm³/mol. The number of aromatic nitrogens is 2. The number of nitrogens with zero attached hydrogens (tertiary/aromatic N) is 2. The van der Waals surface area contributed by atoms with Gasteiger partial charge in [0.2, 0.25) is 15.9 Å². The maximum Gasteiger partial charge on any atom is 0.246 e. The van der Waals surface area contributed by atoms with E-state index in [-0.39, 0.29) is 17.3 Å². The number of aryl methyl sites for hydroxylation is 1. The van der Waals surface area contributed by atoms with Gasteiger partial charge in [-0.05, 0) is 30.7 Å². The highest BCUT2D eigenvalue weighted by molar-refractivity contribution is 7.89. The average molecular weight is 294 g/mol. The van der Waals surface area contributed by atoms with Crippen molar-refractivity contribution >= 4 is 21.6 Å². The van der Waals surface area contributed by atoms with Crippen LogP contribution in [-0.2, 0) is 21.4 Å². The summed E-state index contributed by atoms with van der Waals surface area (Å²) in [5, 5.41) is 11.6. The number of rotatable bonds is 4. The van der Waals surface area contributed by atoms with Crippen LogP contribution in [0.2, 0.25) is 0 Å². The summed E-state index contributed by atoms with van der Waals surface area (Å²) in [5.74, 6) is -0.307. The van der Waals surface area contributed by atoms with Gasteiger partial charge in [0.25, 0.3) is 0 Å². The van der Waals surface area contributed by atoms with Crippen molar-refractivity contribution in [3.8, 4) is 0 Å². The summed E-state index contributed by atoms with van der Waals surface area (Å²) in [4.78, 5) is 11.8. The van der Waals surface area contributed by atoms with Gasteiger partial charge in [0.15, 0.2) is 0 Å². The molecule has 1 aromatic carbocycles. The fourth-order valence-electron chi connectivity index (χ4n) is 1.73. The summed E-state index contributed by atoms with van der Waals surface area (Å²) >= 11 is 0. The maximum atomic E-state index is 11.8. The Hall–Kier alpha value is -2.19. The molecule has 0 fully saturated rings. The van der Waals surface area contributed by atoms with Crippen molar-refractivity contribution in [1.29, 1.82) is 0 Å². The van der Waals surface area contributed by atoms with Gasteiger partial charge in [-0.2, -0.15) is 5.10 Å². The number of primary sulfonamides is 1. The third-order valence-corrected chi connectivity index (χ3v) is 3.70. The van der Waals surface area contributed by atoms with Gasteiger partial charge in [0, 0.05) is 18.1 Å². The Labute approximate surface area is 116 Å². The van der Waals surface area contributed by atoms with E-state index in [1.54, 1.807) is 37.5 Å². The van der Waals surface area contributed by atoms with E-state index in [0.717, 1.165) is 0 Å². The third kappa shape index (κ3) is 3.43.